The Kier molecular flexibility index (Phi) is 5.06. The van der Waals surface area contributed by atoms with E-state index in [0.717, 1.165) is 16.7 Å². The second kappa shape index (κ2) is 8.14. The summed E-state index contributed by atoms with van der Waals surface area (Å²) in [4.78, 5) is 12.1. The van der Waals surface area contributed by atoms with Crippen LogP contribution < -0.4 is 5.32 Å². The molecule has 0 saturated heterocycles. The van der Waals surface area contributed by atoms with Crippen LogP contribution in [0.15, 0.2) is 95.4 Å². The Bertz CT molecular complexity index is 1090. The first-order valence-corrected chi connectivity index (χ1v) is 8.81. The van der Waals surface area contributed by atoms with E-state index < -0.39 is 0 Å². The smallest absolute Gasteiger partial charge is 0.248 e. The fraction of sp³-hybridized carbons (Fsp3) is 0. The predicted molar refractivity (Wildman–Crippen MR) is 109 cm³/mol. The van der Waals surface area contributed by atoms with E-state index in [-0.39, 0.29) is 5.91 Å². The van der Waals surface area contributed by atoms with Crippen molar-refractivity contribution in [1.82, 2.24) is 10.2 Å². The van der Waals surface area contributed by atoms with Crippen molar-refractivity contribution >= 4 is 17.7 Å². The highest BCUT2D eigenvalue weighted by Gasteiger charge is 2.10. The molecule has 1 aromatic heterocycles. The molecule has 5 nitrogen and oxygen atoms in total. The average Bonchev–Trinajstić information content (AvgIpc) is 3.25. The van der Waals surface area contributed by atoms with Crippen LogP contribution in [0.3, 0.4) is 0 Å². The van der Waals surface area contributed by atoms with Gasteiger partial charge in [-0.15, -0.1) is 10.2 Å². The Morgan fingerprint density at radius 2 is 1.32 bits per heavy atom. The lowest BCUT2D eigenvalue weighted by Gasteiger charge is -2.02. The van der Waals surface area contributed by atoms with Crippen molar-refractivity contribution in [2.24, 2.45) is 0 Å². The van der Waals surface area contributed by atoms with Gasteiger partial charge < -0.3 is 9.73 Å². The zero-order chi connectivity index (χ0) is 19.2. The summed E-state index contributed by atoms with van der Waals surface area (Å²) < 4.78 is 5.74. The van der Waals surface area contributed by atoms with Gasteiger partial charge in [0.05, 0.1) is 0 Å². The summed E-state index contributed by atoms with van der Waals surface area (Å²) >= 11 is 0. The zero-order valence-corrected chi connectivity index (χ0v) is 14.9. The molecule has 1 heterocycles. The van der Waals surface area contributed by atoms with Gasteiger partial charge in [0.15, 0.2) is 0 Å². The van der Waals surface area contributed by atoms with Crippen molar-refractivity contribution < 1.29 is 9.21 Å². The van der Waals surface area contributed by atoms with Gasteiger partial charge in [-0.05, 0) is 48.0 Å². The average molecular weight is 367 g/mol. The quantitative estimate of drug-likeness (QED) is 0.501. The molecule has 0 aliphatic rings. The molecule has 4 aromatic rings. The van der Waals surface area contributed by atoms with Crippen molar-refractivity contribution in [2.45, 2.75) is 0 Å². The van der Waals surface area contributed by atoms with Gasteiger partial charge in [0, 0.05) is 22.9 Å². The van der Waals surface area contributed by atoms with Crippen molar-refractivity contribution in [3.63, 3.8) is 0 Å². The summed E-state index contributed by atoms with van der Waals surface area (Å²) in [5.41, 5.74) is 3.32. The molecule has 0 aliphatic heterocycles. The van der Waals surface area contributed by atoms with Gasteiger partial charge in [0.1, 0.15) is 0 Å². The first-order chi connectivity index (χ1) is 13.8. The van der Waals surface area contributed by atoms with Crippen LogP contribution in [0.25, 0.3) is 29.0 Å². The first-order valence-electron chi connectivity index (χ1n) is 8.81. The van der Waals surface area contributed by atoms with Crippen molar-refractivity contribution in [3.8, 4) is 22.9 Å². The molecule has 0 unspecified atom stereocenters. The maximum atomic E-state index is 12.1. The molecule has 28 heavy (non-hydrogen) atoms. The van der Waals surface area contributed by atoms with Crippen molar-refractivity contribution in [3.05, 3.63) is 96.6 Å². The van der Waals surface area contributed by atoms with E-state index in [1.165, 1.54) is 6.08 Å². The number of benzene rings is 3. The number of carbonyl (C=O) groups is 1. The predicted octanol–water partition coefficient (Wildman–Crippen LogP) is 5.06. The van der Waals surface area contributed by atoms with Crippen molar-refractivity contribution in [2.75, 3.05) is 5.32 Å². The Morgan fingerprint density at radius 3 is 1.96 bits per heavy atom. The number of anilines is 1. The number of aromatic nitrogens is 2. The fourth-order valence-electron chi connectivity index (χ4n) is 2.65. The van der Waals surface area contributed by atoms with E-state index in [4.69, 9.17) is 4.42 Å². The summed E-state index contributed by atoms with van der Waals surface area (Å²) in [6.45, 7) is 0. The van der Waals surface area contributed by atoms with Crippen LogP contribution in [0, 0.1) is 0 Å². The highest BCUT2D eigenvalue weighted by molar-refractivity contribution is 6.02. The zero-order valence-electron chi connectivity index (χ0n) is 14.9. The highest BCUT2D eigenvalue weighted by atomic mass is 16.4. The Labute approximate surface area is 162 Å². The molecular formula is C23H17N3O2. The van der Waals surface area contributed by atoms with Gasteiger partial charge in [0.2, 0.25) is 17.7 Å². The third kappa shape index (κ3) is 4.22. The second-order valence-electron chi connectivity index (χ2n) is 6.09. The highest BCUT2D eigenvalue weighted by Crippen LogP contribution is 2.24. The third-order valence-electron chi connectivity index (χ3n) is 4.07. The number of hydrogen-bond acceptors (Lipinski definition) is 4. The number of rotatable bonds is 5. The van der Waals surface area contributed by atoms with E-state index in [2.05, 4.69) is 15.5 Å². The molecule has 4 rings (SSSR count). The number of nitrogens with one attached hydrogen (secondary N) is 1. The van der Waals surface area contributed by atoms with Gasteiger partial charge in [-0.3, -0.25) is 4.79 Å². The van der Waals surface area contributed by atoms with E-state index in [1.807, 2.05) is 72.8 Å². The lowest BCUT2D eigenvalue weighted by molar-refractivity contribution is -0.111. The van der Waals surface area contributed by atoms with E-state index in [9.17, 15) is 4.79 Å². The molecular weight excluding hydrogens is 350 g/mol. The third-order valence-corrected chi connectivity index (χ3v) is 4.07. The maximum Gasteiger partial charge on any atom is 0.248 e. The second-order valence-corrected chi connectivity index (χ2v) is 6.09. The maximum absolute atomic E-state index is 12.1. The standard InChI is InChI=1S/C23H17N3O2/c27-21(16-11-17-7-3-1-4-8-17)24-20-14-12-19(13-15-20)23-26-25-22(28-23)18-9-5-2-6-10-18/h1-16H,(H,24,27)/b16-11+. The Balaban J connectivity index is 1.42. The number of hydrogen-bond donors (Lipinski definition) is 1. The summed E-state index contributed by atoms with van der Waals surface area (Å²) in [7, 11) is 0. The molecule has 0 radical (unpaired) electrons. The van der Waals surface area contributed by atoms with Gasteiger partial charge in [-0.25, -0.2) is 0 Å². The number of nitrogens with zero attached hydrogens (tertiary/aromatic N) is 2. The Morgan fingerprint density at radius 1 is 0.750 bits per heavy atom. The summed E-state index contributed by atoms with van der Waals surface area (Å²) in [6, 6.07) is 26.5. The minimum absolute atomic E-state index is 0.194. The monoisotopic (exact) mass is 367 g/mol. The summed E-state index contributed by atoms with van der Waals surface area (Å²) in [5, 5.41) is 11.0. The van der Waals surface area contributed by atoms with Gasteiger partial charge in [-0.2, -0.15) is 0 Å². The van der Waals surface area contributed by atoms with Gasteiger partial charge in [0.25, 0.3) is 0 Å². The van der Waals surface area contributed by atoms with Crippen LogP contribution in [0.4, 0.5) is 5.69 Å². The topological polar surface area (TPSA) is 68.0 Å². The van der Waals surface area contributed by atoms with Gasteiger partial charge >= 0.3 is 0 Å². The number of carbonyl (C=O) groups excluding carboxylic acids is 1. The summed E-state index contributed by atoms with van der Waals surface area (Å²) in [5.74, 6) is 0.709. The molecule has 0 saturated carbocycles. The molecule has 1 amide bonds. The van der Waals surface area contributed by atoms with Crippen LogP contribution in [0.2, 0.25) is 0 Å². The normalized spacial score (nSPS) is 10.9. The van der Waals surface area contributed by atoms with E-state index in [1.54, 1.807) is 18.2 Å². The minimum atomic E-state index is -0.194. The molecule has 5 heteroatoms. The molecule has 0 spiro atoms. The molecule has 136 valence electrons. The number of amides is 1. The fourth-order valence-corrected chi connectivity index (χ4v) is 2.65. The van der Waals surface area contributed by atoms with Crippen molar-refractivity contribution in [1.29, 1.82) is 0 Å². The van der Waals surface area contributed by atoms with E-state index in [0.29, 0.717) is 17.5 Å². The molecule has 0 atom stereocenters. The lowest BCUT2D eigenvalue weighted by Crippen LogP contribution is -2.07. The molecule has 0 bridgehead atoms. The molecule has 0 fully saturated rings. The Hall–Kier alpha value is -3.99. The molecule has 0 aliphatic carbocycles. The van der Waals surface area contributed by atoms with Crippen LogP contribution >= 0.6 is 0 Å². The van der Waals surface area contributed by atoms with Crippen LogP contribution in [0.5, 0.6) is 0 Å². The van der Waals surface area contributed by atoms with E-state index >= 15 is 0 Å². The van der Waals surface area contributed by atoms with Crippen LogP contribution in [-0.4, -0.2) is 16.1 Å². The first kappa shape index (κ1) is 17.4. The van der Waals surface area contributed by atoms with Crippen LogP contribution in [0.1, 0.15) is 5.56 Å². The minimum Gasteiger partial charge on any atom is -0.416 e. The SMILES string of the molecule is O=C(/C=C/c1ccccc1)Nc1ccc(-c2nnc(-c3ccccc3)o2)cc1. The lowest BCUT2D eigenvalue weighted by atomic mass is 10.2. The molecule has 3 aromatic carbocycles. The van der Waals surface area contributed by atoms with Gasteiger partial charge in [-0.1, -0.05) is 48.5 Å². The van der Waals surface area contributed by atoms with Crippen LogP contribution in [-0.2, 0) is 4.79 Å². The molecule has 1 N–H and O–H groups in total. The largest absolute Gasteiger partial charge is 0.416 e. The summed E-state index contributed by atoms with van der Waals surface area (Å²) in [6.07, 6.45) is 3.28.